The second-order valence-corrected chi connectivity index (χ2v) is 6.43. The Hall–Kier alpha value is -0.670. The van der Waals surface area contributed by atoms with Gasteiger partial charge in [0.25, 0.3) is 0 Å². The Morgan fingerprint density at radius 2 is 2.21 bits per heavy atom. The highest BCUT2D eigenvalue weighted by atomic mass is 35.5. The van der Waals surface area contributed by atoms with Crippen molar-refractivity contribution in [1.82, 2.24) is 9.55 Å². The largest absolute Gasteiger partial charge is 0.328 e. The van der Waals surface area contributed by atoms with E-state index in [0.717, 1.165) is 24.3 Å². The maximum Gasteiger partial charge on any atom is 0.111 e. The SMILES string of the molecule is CCSCCCn1c(CCCl)nc2cc(C)ccc21. The third-order valence-corrected chi connectivity index (χ3v) is 4.35. The summed E-state index contributed by atoms with van der Waals surface area (Å²) in [7, 11) is 0. The molecule has 104 valence electrons. The van der Waals surface area contributed by atoms with E-state index >= 15 is 0 Å². The molecule has 0 N–H and O–H groups in total. The molecule has 0 bridgehead atoms. The molecule has 1 aromatic carbocycles. The van der Waals surface area contributed by atoms with Gasteiger partial charge >= 0.3 is 0 Å². The molecule has 1 aromatic heterocycles. The average Bonchev–Trinajstić information content (AvgIpc) is 2.72. The molecule has 0 atom stereocenters. The zero-order chi connectivity index (χ0) is 13.7. The second kappa shape index (κ2) is 7.20. The van der Waals surface area contributed by atoms with Crippen LogP contribution in [0.1, 0.15) is 24.7 Å². The molecule has 0 aliphatic heterocycles. The van der Waals surface area contributed by atoms with E-state index in [-0.39, 0.29) is 0 Å². The molecule has 0 saturated carbocycles. The van der Waals surface area contributed by atoms with Crippen LogP contribution in [0.4, 0.5) is 0 Å². The maximum atomic E-state index is 5.89. The van der Waals surface area contributed by atoms with Gasteiger partial charge in [-0.25, -0.2) is 4.98 Å². The van der Waals surface area contributed by atoms with E-state index in [0.29, 0.717) is 5.88 Å². The first-order chi connectivity index (χ1) is 9.26. The van der Waals surface area contributed by atoms with Crippen LogP contribution in [0.5, 0.6) is 0 Å². The summed E-state index contributed by atoms with van der Waals surface area (Å²) in [6.07, 6.45) is 2.03. The van der Waals surface area contributed by atoms with Gasteiger partial charge in [-0.05, 0) is 42.5 Å². The van der Waals surface area contributed by atoms with E-state index in [1.807, 2.05) is 11.8 Å². The third-order valence-electron chi connectivity index (χ3n) is 3.18. The highest BCUT2D eigenvalue weighted by Gasteiger charge is 2.10. The van der Waals surface area contributed by atoms with Crippen LogP contribution in [0.15, 0.2) is 18.2 Å². The van der Waals surface area contributed by atoms with Crippen molar-refractivity contribution in [1.29, 1.82) is 0 Å². The first-order valence-electron chi connectivity index (χ1n) is 6.85. The third kappa shape index (κ3) is 3.67. The van der Waals surface area contributed by atoms with E-state index in [1.54, 1.807) is 0 Å². The summed E-state index contributed by atoms with van der Waals surface area (Å²) in [5.74, 6) is 4.16. The van der Waals surface area contributed by atoms with Crippen molar-refractivity contribution in [2.45, 2.75) is 33.2 Å². The van der Waals surface area contributed by atoms with Gasteiger partial charge in [-0.3, -0.25) is 0 Å². The first-order valence-corrected chi connectivity index (χ1v) is 8.54. The summed E-state index contributed by atoms with van der Waals surface area (Å²) >= 11 is 7.89. The quantitative estimate of drug-likeness (QED) is 0.561. The monoisotopic (exact) mass is 296 g/mol. The lowest BCUT2D eigenvalue weighted by Crippen LogP contribution is -2.05. The molecule has 0 fully saturated rings. The molecular formula is C15H21ClN2S. The van der Waals surface area contributed by atoms with Gasteiger partial charge in [0.1, 0.15) is 5.82 Å². The van der Waals surface area contributed by atoms with Crippen LogP contribution >= 0.6 is 23.4 Å². The lowest BCUT2D eigenvalue weighted by Gasteiger charge is -2.08. The Morgan fingerprint density at radius 3 is 2.95 bits per heavy atom. The van der Waals surface area contributed by atoms with Gasteiger partial charge in [-0.15, -0.1) is 11.6 Å². The number of aromatic nitrogens is 2. The first kappa shape index (κ1) is 14.7. The number of aryl methyl sites for hydroxylation is 3. The van der Waals surface area contributed by atoms with Gasteiger partial charge in [0.15, 0.2) is 0 Å². The normalized spacial score (nSPS) is 11.3. The van der Waals surface area contributed by atoms with Crippen molar-refractivity contribution in [2.75, 3.05) is 17.4 Å². The fraction of sp³-hybridized carbons (Fsp3) is 0.533. The van der Waals surface area contributed by atoms with Gasteiger partial charge in [0.2, 0.25) is 0 Å². The molecule has 0 amide bonds. The molecule has 0 aliphatic carbocycles. The number of rotatable bonds is 7. The van der Waals surface area contributed by atoms with Crippen LogP contribution < -0.4 is 0 Å². The van der Waals surface area contributed by atoms with E-state index in [2.05, 4.69) is 36.6 Å². The Morgan fingerprint density at radius 1 is 1.37 bits per heavy atom. The minimum Gasteiger partial charge on any atom is -0.328 e. The number of thioether (sulfide) groups is 1. The van der Waals surface area contributed by atoms with Crippen molar-refractivity contribution < 1.29 is 0 Å². The average molecular weight is 297 g/mol. The summed E-state index contributed by atoms with van der Waals surface area (Å²) in [6, 6.07) is 6.50. The number of hydrogen-bond donors (Lipinski definition) is 0. The zero-order valence-electron chi connectivity index (χ0n) is 11.7. The lowest BCUT2D eigenvalue weighted by molar-refractivity contribution is 0.664. The van der Waals surface area contributed by atoms with Gasteiger partial charge in [0, 0.05) is 18.8 Å². The van der Waals surface area contributed by atoms with Gasteiger partial charge in [-0.2, -0.15) is 11.8 Å². The summed E-state index contributed by atoms with van der Waals surface area (Å²) in [5.41, 5.74) is 3.60. The molecule has 0 spiro atoms. The summed E-state index contributed by atoms with van der Waals surface area (Å²) in [6.45, 7) is 5.36. The maximum absolute atomic E-state index is 5.89. The minimum absolute atomic E-state index is 0.631. The van der Waals surface area contributed by atoms with Crippen LogP contribution in [0.3, 0.4) is 0 Å². The molecule has 2 nitrogen and oxygen atoms in total. The smallest absolute Gasteiger partial charge is 0.111 e. The summed E-state index contributed by atoms with van der Waals surface area (Å²) < 4.78 is 2.34. The van der Waals surface area contributed by atoms with Gasteiger partial charge in [0.05, 0.1) is 11.0 Å². The molecule has 2 aromatic rings. The standard InChI is InChI=1S/C15H21ClN2S/c1-3-19-10-4-9-18-14-6-5-12(2)11-13(14)17-15(18)7-8-16/h5-6,11H,3-4,7-10H2,1-2H3. The molecule has 4 heteroatoms. The van der Waals surface area contributed by atoms with E-state index in [9.17, 15) is 0 Å². The number of benzene rings is 1. The summed E-state index contributed by atoms with van der Waals surface area (Å²) in [4.78, 5) is 4.73. The number of halogens is 1. The van der Waals surface area contributed by atoms with Crippen LogP contribution in [0.25, 0.3) is 11.0 Å². The van der Waals surface area contributed by atoms with Crippen LogP contribution in [-0.2, 0) is 13.0 Å². The van der Waals surface area contributed by atoms with E-state index < -0.39 is 0 Å². The second-order valence-electron chi connectivity index (χ2n) is 4.66. The molecule has 0 saturated heterocycles. The number of hydrogen-bond acceptors (Lipinski definition) is 2. The molecule has 0 unspecified atom stereocenters. The number of alkyl halides is 1. The van der Waals surface area contributed by atoms with Crippen LogP contribution in [-0.4, -0.2) is 26.9 Å². The summed E-state index contributed by atoms with van der Waals surface area (Å²) in [5, 5.41) is 0. The van der Waals surface area contributed by atoms with Crippen molar-refractivity contribution in [3.63, 3.8) is 0 Å². The lowest BCUT2D eigenvalue weighted by atomic mass is 10.2. The van der Waals surface area contributed by atoms with Crippen molar-refractivity contribution in [3.8, 4) is 0 Å². The fourth-order valence-electron chi connectivity index (χ4n) is 2.28. The molecule has 0 aliphatic rings. The van der Waals surface area contributed by atoms with Crippen molar-refractivity contribution in [2.24, 2.45) is 0 Å². The van der Waals surface area contributed by atoms with Crippen LogP contribution in [0, 0.1) is 6.92 Å². The van der Waals surface area contributed by atoms with E-state index in [4.69, 9.17) is 16.6 Å². The van der Waals surface area contributed by atoms with Crippen molar-refractivity contribution in [3.05, 3.63) is 29.6 Å². The Balaban J connectivity index is 2.24. The predicted molar refractivity (Wildman–Crippen MR) is 86.5 cm³/mol. The van der Waals surface area contributed by atoms with Crippen molar-refractivity contribution >= 4 is 34.4 Å². The zero-order valence-corrected chi connectivity index (χ0v) is 13.2. The highest BCUT2D eigenvalue weighted by Crippen LogP contribution is 2.19. The highest BCUT2D eigenvalue weighted by molar-refractivity contribution is 7.99. The van der Waals surface area contributed by atoms with E-state index in [1.165, 1.54) is 29.0 Å². The minimum atomic E-state index is 0.631. The van der Waals surface area contributed by atoms with Gasteiger partial charge < -0.3 is 4.57 Å². The Kier molecular flexibility index (Phi) is 5.59. The Bertz CT molecular complexity index is 536. The Labute approximate surface area is 124 Å². The molecular weight excluding hydrogens is 276 g/mol. The molecule has 19 heavy (non-hydrogen) atoms. The predicted octanol–water partition coefficient (Wildman–Crippen LogP) is 4.27. The molecule has 0 radical (unpaired) electrons. The number of nitrogens with zero attached hydrogens (tertiary/aromatic N) is 2. The topological polar surface area (TPSA) is 17.8 Å². The molecule has 1 heterocycles. The van der Waals surface area contributed by atoms with Crippen LogP contribution in [0.2, 0.25) is 0 Å². The van der Waals surface area contributed by atoms with Gasteiger partial charge in [-0.1, -0.05) is 13.0 Å². The molecule has 2 rings (SSSR count). The number of fused-ring (bicyclic) bond motifs is 1. The fourth-order valence-corrected chi connectivity index (χ4v) is 3.07. The number of imidazole rings is 1.